The van der Waals surface area contributed by atoms with Crippen LogP contribution in [-0.2, 0) is 13.6 Å². The van der Waals surface area contributed by atoms with Crippen molar-refractivity contribution < 1.29 is 14.3 Å². The molecule has 0 bridgehead atoms. The fourth-order valence-corrected chi connectivity index (χ4v) is 3.60. The van der Waals surface area contributed by atoms with Crippen molar-refractivity contribution in [1.82, 2.24) is 14.5 Å². The number of amides is 1. The number of nitrogens with zero attached hydrogens (tertiary/aromatic N) is 2. The molecule has 0 unspecified atom stereocenters. The van der Waals surface area contributed by atoms with E-state index in [9.17, 15) is 4.79 Å². The Morgan fingerprint density at radius 3 is 2.50 bits per heavy atom. The van der Waals surface area contributed by atoms with Crippen molar-refractivity contribution >= 4 is 27.7 Å². The highest BCUT2D eigenvalue weighted by Gasteiger charge is 2.16. The lowest BCUT2D eigenvalue weighted by molar-refractivity contribution is 0.0944. The van der Waals surface area contributed by atoms with Crippen molar-refractivity contribution in [2.24, 2.45) is 7.05 Å². The van der Waals surface area contributed by atoms with Crippen LogP contribution in [0.25, 0.3) is 21.8 Å². The molecule has 0 saturated carbocycles. The normalized spacial score (nSPS) is 11.1. The van der Waals surface area contributed by atoms with E-state index in [0.717, 1.165) is 10.9 Å². The second kappa shape index (κ2) is 7.31. The molecule has 0 aliphatic rings. The number of hydrogen-bond donors (Lipinski definition) is 1. The Morgan fingerprint density at radius 1 is 0.964 bits per heavy atom. The fraction of sp³-hybridized carbons (Fsp3) is 0.227. The summed E-state index contributed by atoms with van der Waals surface area (Å²) in [4.78, 5) is 12.7. The Morgan fingerprint density at radius 2 is 1.71 bits per heavy atom. The number of aryl methyl sites for hydroxylation is 1. The molecule has 4 rings (SSSR count). The van der Waals surface area contributed by atoms with Gasteiger partial charge in [-0.2, -0.15) is 0 Å². The number of benzene rings is 2. The number of carbonyl (C=O) groups excluding carboxylic acids is 1. The van der Waals surface area contributed by atoms with Gasteiger partial charge >= 0.3 is 0 Å². The first-order chi connectivity index (χ1) is 13.6. The molecule has 0 aliphatic heterocycles. The first-order valence-electron chi connectivity index (χ1n) is 9.16. The van der Waals surface area contributed by atoms with E-state index in [2.05, 4.69) is 28.1 Å². The van der Waals surface area contributed by atoms with Crippen LogP contribution in [0.5, 0.6) is 11.5 Å². The SMILES string of the molecule is COc1cc2cc(C(=O)NCCn3ccc4ccccc43)n(C)c2cc1OC. The molecule has 28 heavy (non-hydrogen) atoms. The van der Waals surface area contributed by atoms with Gasteiger partial charge in [-0.15, -0.1) is 0 Å². The number of carbonyl (C=O) groups is 1. The van der Waals surface area contributed by atoms with Crippen molar-refractivity contribution in [1.29, 1.82) is 0 Å². The third kappa shape index (κ3) is 3.07. The van der Waals surface area contributed by atoms with Gasteiger partial charge in [-0.3, -0.25) is 4.79 Å². The topological polar surface area (TPSA) is 57.4 Å². The predicted octanol–water partition coefficient (Wildman–Crippen LogP) is 3.58. The maximum atomic E-state index is 12.7. The lowest BCUT2D eigenvalue weighted by atomic mass is 10.2. The van der Waals surface area contributed by atoms with Crippen molar-refractivity contribution in [3.63, 3.8) is 0 Å². The standard InChI is InChI=1S/C22H23N3O3/c1-24-18-14-21(28-3)20(27-2)13-16(18)12-19(24)22(26)23-9-11-25-10-8-15-6-4-5-7-17(15)25/h4-8,10,12-14H,9,11H2,1-3H3,(H,23,26). The van der Waals surface area contributed by atoms with Gasteiger partial charge in [0.1, 0.15) is 5.69 Å². The zero-order valence-corrected chi connectivity index (χ0v) is 16.2. The quantitative estimate of drug-likeness (QED) is 0.559. The molecule has 4 aromatic rings. The van der Waals surface area contributed by atoms with E-state index in [-0.39, 0.29) is 5.91 Å². The molecule has 0 radical (unpaired) electrons. The van der Waals surface area contributed by atoms with Gasteiger partial charge in [-0.25, -0.2) is 0 Å². The zero-order chi connectivity index (χ0) is 19.7. The van der Waals surface area contributed by atoms with Crippen molar-refractivity contribution in [2.45, 2.75) is 6.54 Å². The van der Waals surface area contributed by atoms with Gasteiger partial charge in [0.2, 0.25) is 0 Å². The largest absolute Gasteiger partial charge is 0.493 e. The Bertz CT molecular complexity index is 1160. The number of ether oxygens (including phenoxy) is 2. The number of nitrogens with one attached hydrogen (secondary N) is 1. The highest BCUT2D eigenvalue weighted by molar-refractivity contribution is 5.99. The molecule has 0 saturated heterocycles. The van der Waals surface area contributed by atoms with Crippen LogP contribution in [0.15, 0.2) is 54.7 Å². The number of methoxy groups -OCH3 is 2. The molecule has 2 aromatic heterocycles. The summed E-state index contributed by atoms with van der Waals surface area (Å²) in [5.41, 5.74) is 2.68. The van der Waals surface area contributed by atoms with E-state index in [0.29, 0.717) is 30.3 Å². The molecule has 144 valence electrons. The van der Waals surface area contributed by atoms with E-state index >= 15 is 0 Å². The van der Waals surface area contributed by atoms with Gasteiger partial charge in [0.05, 0.1) is 19.7 Å². The minimum Gasteiger partial charge on any atom is -0.493 e. The first kappa shape index (κ1) is 18.0. The highest BCUT2D eigenvalue weighted by Crippen LogP contribution is 2.33. The lowest BCUT2D eigenvalue weighted by Gasteiger charge is -2.09. The second-order valence-electron chi connectivity index (χ2n) is 6.68. The third-order valence-corrected chi connectivity index (χ3v) is 5.10. The molecule has 0 spiro atoms. The number of rotatable bonds is 6. The van der Waals surface area contributed by atoms with Crippen LogP contribution in [0, 0.1) is 0 Å². The van der Waals surface area contributed by atoms with Gasteiger partial charge in [0, 0.05) is 43.3 Å². The molecule has 2 heterocycles. The Labute approximate surface area is 163 Å². The van der Waals surface area contributed by atoms with Crippen LogP contribution in [0.1, 0.15) is 10.5 Å². The maximum Gasteiger partial charge on any atom is 0.267 e. The van der Waals surface area contributed by atoms with Crippen LogP contribution < -0.4 is 14.8 Å². The molecule has 1 amide bonds. The molecular weight excluding hydrogens is 354 g/mol. The van der Waals surface area contributed by atoms with Gasteiger partial charge < -0.3 is 23.9 Å². The van der Waals surface area contributed by atoms with Crippen LogP contribution in [0.3, 0.4) is 0 Å². The molecule has 1 N–H and O–H groups in total. The van der Waals surface area contributed by atoms with E-state index < -0.39 is 0 Å². The molecule has 2 aromatic carbocycles. The molecule has 6 heteroatoms. The van der Waals surface area contributed by atoms with E-state index in [1.165, 1.54) is 10.9 Å². The highest BCUT2D eigenvalue weighted by atomic mass is 16.5. The summed E-state index contributed by atoms with van der Waals surface area (Å²) in [6.45, 7) is 1.26. The Kier molecular flexibility index (Phi) is 4.69. The molecule has 0 fully saturated rings. The van der Waals surface area contributed by atoms with Gasteiger partial charge in [0.15, 0.2) is 11.5 Å². The average molecular weight is 377 g/mol. The Balaban J connectivity index is 1.51. The van der Waals surface area contributed by atoms with E-state index in [4.69, 9.17) is 9.47 Å². The van der Waals surface area contributed by atoms with Crippen LogP contribution in [-0.4, -0.2) is 35.8 Å². The van der Waals surface area contributed by atoms with Crippen LogP contribution in [0.4, 0.5) is 0 Å². The van der Waals surface area contributed by atoms with Crippen LogP contribution in [0.2, 0.25) is 0 Å². The summed E-state index contributed by atoms with van der Waals surface area (Å²) >= 11 is 0. The third-order valence-electron chi connectivity index (χ3n) is 5.10. The predicted molar refractivity (Wildman–Crippen MR) is 110 cm³/mol. The number of aromatic nitrogens is 2. The summed E-state index contributed by atoms with van der Waals surface area (Å²) in [7, 11) is 5.08. The number of fused-ring (bicyclic) bond motifs is 2. The molecule has 6 nitrogen and oxygen atoms in total. The van der Waals surface area contributed by atoms with Gasteiger partial charge in [0.25, 0.3) is 5.91 Å². The fourth-order valence-electron chi connectivity index (χ4n) is 3.60. The monoisotopic (exact) mass is 377 g/mol. The smallest absolute Gasteiger partial charge is 0.267 e. The second-order valence-corrected chi connectivity index (χ2v) is 6.68. The molecule has 0 atom stereocenters. The van der Waals surface area contributed by atoms with E-state index in [1.54, 1.807) is 14.2 Å². The summed E-state index contributed by atoms with van der Waals surface area (Å²) in [5.74, 6) is 1.18. The lowest BCUT2D eigenvalue weighted by Crippen LogP contribution is -2.28. The van der Waals surface area contributed by atoms with Gasteiger partial charge in [-0.1, -0.05) is 18.2 Å². The number of hydrogen-bond acceptors (Lipinski definition) is 3. The zero-order valence-electron chi connectivity index (χ0n) is 16.2. The number of para-hydroxylation sites is 1. The minimum atomic E-state index is -0.104. The average Bonchev–Trinajstić information content (AvgIpc) is 3.28. The Hall–Kier alpha value is -3.41. The molecular formula is C22H23N3O3. The first-order valence-corrected chi connectivity index (χ1v) is 9.16. The van der Waals surface area contributed by atoms with E-state index in [1.807, 2.05) is 48.1 Å². The summed E-state index contributed by atoms with van der Waals surface area (Å²) < 4.78 is 14.7. The molecule has 0 aliphatic carbocycles. The van der Waals surface area contributed by atoms with Crippen molar-refractivity contribution in [2.75, 3.05) is 20.8 Å². The summed E-state index contributed by atoms with van der Waals surface area (Å²) in [5, 5.41) is 5.15. The summed E-state index contributed by atoms with van der Waals surface area (Å²) in [6.07, 6.45) is 2.05. The van der Waals surface area contributed by atoms with Gasteiger partial charge in [-0.05, 0) is 29.7 Å². The minimum absolute atomic E-state index is 0.104. The summed E-state index contributed by atoms with van der Waals surface area (Å²) in [6, 6.07) is 16.0. The van der Waals surface area contributed by atoms with Crippen molar-refractivity contribution in [3.05, 3.63) is 60.4 Å². The van der Waals surface area contributed by atoms with Crippen LogP contribution >= 0.6 is 0 Å². The maximum absolute atomic E-state index is 12.7. The van der Waals surface area contributed by atoms with Crippen molar-refractivity contribution in [3.8, 4) is 11.5 Å².